The van der Waals surface area contributed by atoms with E-state index in [-0.39, 0.29) is 5.91 Å². The summed E-state index contributed by atoms with van der Waals surface area (Å²) >= 11 is 3.27. The number of hydrogen-bond acceptors (Lipinski definition) is 3. The largest absolute Gasteiger partial charge is 0.467 e. The van der Waals surface area contributed by atoms with Gasteiger partial charge >= 0.3 is 5.97 Å². The van der Waals surface area contributed by atoms with Crippen molar-refractivity contribution in [2.24, 2.45) is 0 Å². The Morgan fingerprint density at radius 2 is 1.88 bits per heavy atom. The maximum Gasteiger partial charge on any atom is 0.328 e. The number of esters is 1. The normalized spacial score (nSPS) is 11.7. The van der Waals surface area contributed by atoms with Crippen molar-refractivity contribution in [3.8, 4) is 0 Å². The zero-order valence-electron chi connectivity index (χ0n) is 8.99. The molecule has 16 heavy (non-hydrogen) atoms. The van der Waals surface area contributed by atoms with E-state index in [1.165, 1.54) is 7.11 Å². The summed E-state index contributed by atoms with van der Waals surface area (Å²) in [5.74, 6) is -0.768. The van der Waals surface area contributed by atoms with Crippen molar-refractivity contribution in [3.63, 3.8) is 0 Å². The van der Waals surface area contributed by atoms with E-state index < -0.39 is 12.0 Å². The lowest BCUT2D eigenvalue weighted by atomic mass is 10.2. The summed E-state index contributed by atoms with van der Waals surface area (Å²) in [5.41, 5.74) is 0.499. The van der Waals surface area contributed by atoms with Crippen molar-refractivity contribution in [3.05, 3.63) is 34.3 Å². The first-order chi connectivity index (χ1) is 7.54. The van der Waals surface area contributed by atoms with E-state index in [2.05, 4.69) is 26.0 Å². The summed E-state index contributed by atoms with van der Waals surface area (Å²) in [4.78, 5) is 22.7. The van der Waals surface area contributed by atoms with Crippen molar-refractivity contribution >= 4 is 27.8 Å². The van der Waals surface area contributed by atoms with Crippen LogP contribution in [0.2, 0.25) is 0 Å². The molecule has 1 amide bonds. The van der Waals surface area contributed by atoms with Crippen LogP contribution in [0.4, 0.5) is 0 Å². The molecule has 1 N–H and O–H groups in total. The highest BCUT2D eigenvalue weighted by atomic mass is 79.9. The van der Waals surface area contributed by atoms with Crippen molar-refractivity contribution < 1.29 is 14.3 Å². The molecule has 0 aromatic heterocycles. The molecule has 1 aromatic carbocycles. The molecule has 0 spiro atoms. The van der Waals surface area contributed by atoms with Crippen LogP contribution < -0.4 is 5.32 Å². The summed E-state index contributed by atoms with van der Waals surface area (Å²) in [6, 6.07) is 6.21. The number of methoxy groups -OCH3 is 1. The molecule has 0 heterocycles. The highest BCUT2D eigenvalue weighted by Crippen LogP contribution is 2.10. The summed E-state index contributed by atoms with van der Waals surface area (Å²) in [6.45, 7) is 1.57. The number of nitrogens with one attached hydrogen (secondary N) is 1. The molecule has 4 nitrogen and oxygen atoms in total. The lowest BCUT2D eigenvalue weighted by Crippen LogP contribution is -2.39. The van der Waals surface area contributed by atoms with Gasteiger partial charge in [0.1, 0.15) is 6.04 Å². The smallest absolute Gasteiger partial charge is 0.328 e. The van der Waals surface area contributed by atoms with Gasteiger partial charge in [0.25, 0.3) is 5.91 Å². The second-order valence-electron chi connectivity index (χ2n) is 3.23. The quantitative estimate of drug-likeness (QED) is 0.861. The number of carbonyl (C=O) groups excluding carboxylic acids is 2. The number of carbonyl (C=O) groups is 2. The van der Waals surface area contributed by atoms with Crippen LogP contribution in [0, 0.1) is 0 Å². The maximum absolute atomic E-state index is 11.7. The molecule has 1 aromatic rings. The van der Waals surface area contributed by atoms with Gasteiger partial charge in [0.2, 0.25) is 0 Å². The minimum atomic E-state index is -0.652. The monoisotopic (exact) mass is 285 g/mol. The van der Waals surface area contributed by atoms with Gasteiger partial charge < -0.3 is 10.1 Å². The number of halogens is 1. The molecule has 0 aliphatic rings. The van der Waals surface area contributed by atoms with Gasteiger partial charge in [0.15, 0.2) is 0 Å². The molecule has 0 aliphatic carbocycles. The summed E-state index contributed by atoms with van der Waals surface area (Å²) in [5, 5.41) is 2.54. The fourth-order valence-corrected chi connectivity index (χ4v) is 1.38. The third-order valence-electron chi connectivity index (χ3n) is 2.01. The third kappa shape index (κ3) is 3.34. The molecule has 5 heteroatoms. The van der Waals surface area contributed by atoms with Gasteiger partial charge in [0, 0.05) is 10.0 Å². The molecule has 0 unspecified atom stereocenters. The van der Waals surface area contributed by atoms with E-state index in [1.54, 1.807) is 31.2 Å². The second kappa shape index (κ2) is 5.65. The molecule has 1 rings (SSSR count). The van der Waals surface area contributed by atoms with Gasteiger partial charge in [-0.2, -0.15) is 0 Å². The van der Waals surface area contributed by atoms with Gasteiger partial charge in [-0.1, -0.05) is 15.9 Å². The van der Waals surface area contributed by atoms with Crippen molar-refractivity contribution in [2.75, 3.05) is 7.11 Å². The summed E-state index contributed by atoms with van der Waals surface area (Å²) in [6.07, 6.45) is 0. The van der Waals surface area contributed by atoms with Gasteiger partial charge in [0.05, 0.1) is 7.11 Å². The van der Waals surface area contributed by atoms with E-state index in [0.717, 1.165) is 4.47 Å². The second-order valence-corrected chi connectivity index (χ2v) is 4.14. The van der Waals surface area contributed by atoms with Crippen LogP contribution in [-0.2, 0) is 9.53 Å². The van der Waals surface area contributed by atoms with E-state index in [9.17, 15) is 9.59 Å². The zero-order chi connectivity index (χ0) is 12.1. The van der Waals surface area contributed by atoms with Crippen LogP contribution in [0.1, 0.15) is 17.3 Å². The van der Waals surface area contributed by atoms with Gasteiger partial charge in [-0.25, -0.2) is 4.79 Å². The predicted octanol–water partition coefficient (Wildman–Crippen LogP) is 1.74. The Hall–Kier alpha value is -1.36. The van der Waals surface area contributed by atoms with Crippen molar-refractivity contribution in [1.82, 2.24) is 5.32 Å². The van der Waals surface area contributed by atoms with E-state index in [4.69, 9.17) is 0 Å². The van der Waals surface area contributed by atoms with E-state index >= 15 is 0 Å². The standard InChI is InChI=1S/C11H12BrNO3/c1-7(11(15)16-2)13-10(14)8-3-5-9(12)6-4-8/h3-7H,1-2H3,(H,13,14)/t7-/m0/s1. The van der Waals surface area contributed by atoms with Crippen molar-refractivity contribution in [1.29, 1.82) is 0 Å². The lowest BCUT2D eigenvalue weighted by molar-refractivity contribution is -0.142. The van der Waals surface area contributed by atoms with Crippen LogP contribution in [0.15, 0.2) is 28.7 Å². The lowest BCUT2D eigenvalue weighted by Gasteiger charge is -2.11. The number of rotatable bonds is 3. The fourth-order valence-electron chi connectivity index (χ4n) is 1.12. The highest BCUT2D eigenvalue weighted by Gasteiger charge is 2.16. The van der Waals surface area contributed by atoms with Gasteiger partial charge in [-0.15, -0.1) is 0 Å². The first kappa shape index (κ1) is 12.7. The Morgan fingerprint density at radius 1 is 1.31 bits per heavy atom. The average Bonchev–Trinajstić information content (AvgIpc) is 2.28. The molecule has 1 atom stereocenters. The van der Waals surface area contributed by atoms with Crippen LogP contribution in [0.25, 0.3) is 0 Å². The van der Waals surface area contributed by atoms with Crippen LogP contribution in [0.3, 0.4) is 0 Å². The van der Waals surface area contributed by atoms with E-state index in [0.29, 0.717) is 5.56 Å². The zero-order valence-corrected chi connectivity index (χ0v) is 10.6. The maximum atomic E-state index is 11.7. The molecular formula is C11H12BrNO3. The highest BCUT2D eigenvalue weighted by molar-refractivity contribution is 9.10. The molecule has 0 radical (unpaired) electrons. The third-order valence-corrected chi connectivity index (χ3v) is 2.54. The van der Waals surface area contributed by atoms with Crippen LogP contribution in [0.5, 0.6) is 0 Å². The summed E-state index contributed by atoms with van der Waals surface area (Å²) < 4.78 is 5.40. The molecule has 86 valence electrons. The first-order valence-corrected chi connectivity index (χ1v) is 5.48. The minimum absolute atomic E-state index is 0.301. The first-order valence-electron chi connectivity index (χ1n) is 4.69. The number of amides is 1. The molecule has 0 fully saturated rings. The number of benzene rings is 1. The Balaban J connectivity index is 2.65. The number of ether oxygens (including phenoxy) is 1. The Labute approximate surface area is 102 Å². The predicted molar refractivity (Wildman–Crippen MR) is 63.1 cm³/mol. The molecule has 0 aliphatic heterocycles. The molecular weight excluding hydrogens is 274 g/mol. The summed E-state index contributed by atoms with van der Waals surface area (Å²) in [7, 11) is 1.28. The van der Waals surface area contributed by atoms with Gasteiger partial charge in [-0.05, 0) is 31.2 Å². The Kier molecular flexibility index (Phi) is 4.49. The van der Waals surface area contributed by atoms with Gasteiger partial charge in [-0.3, -0.25) is 4.79 Å². The molecule has 0 bridgehead atoms. The van der Waals surface area contributed by atoms with Crippen LogP contribution >= 0.6 is 15.9 Å². The molecule has 0 saturated heterocycles. The number of hydrogen-bond donors (Lipinski definition) is 1. The Bertz CT molecular complexity index is 389. The average molecular weight is 286 g/mol. The minimum Gasteiger partial charge on any atom is -0.467 e. The fraction of sp³-hybridized carbons (Fsp3) is 0.273. The molecule has 0 saturated carbocycles. The topological polar surface area (TPSA) is 55.4 Å². The SMILES string of the molecule is COC(=O)[C@H](C)NC(=O)c1ccc(Br)cc1. The Morgan fingerprint density at radius 3 is 2.38 bits per heavy atom. The van der Waals surface area contributed by atoms with Crippen molar-refractivity contribution in [2.45, 2.75) is 13.0 Å². The van der Waals surface area contributed by atoms with E-state index in [1.807, 2.05) is 0 Å². The van der Waals surface area contributed by atoms with Crippen LogP contribution in [-0.4, -0.2) is 25.0 Å².